The van der Waals surface area contributed by atoms with Crippen molar-refractivity contribution in [2.45, 2.75) is 11.4 Å². The lowest BCUT2D eigenvalue weighted by Gasteiger charge is -2.10. The highest BCUT2D eigenvalue weighted by molar-refractivity contribution is 9.10. The van der Waals surface area contributed by atoms with Crippen molar-refractivity contribution in [1.29, 1.82) is 0 Å². The van der Waals surface area contributed by atoms with Gasteiger partial charge in [0.25, 0.3) is 0 Å². The summed E-state index contributed by atoms with van der Waals surface area (Å²) in [4.78, 5) is 4.11. The second kappa shape index (κ2) is 6.29. The molecule has 108 valence electrons. The van der Waals surface area contributed by atoms with Gasteiger partial charge in [-0.25, -0.2) is 18.1 Å². The van der Waals surface area contributed by atoms with E-state index in [-0.39, 0.29) is 11.4 Å². The van der Waals surface area contributed by atoms with Crippen molar-refractivity contribution in [1.82, 2.24) is 24.7 Å². The topological polar surface area (TPSA) is 102 Å². The smallest absolute Gasteiger partial charge is 0.244 e. The molecule has 10 heteroatoms. The molecule has 0 atom stereocenters. The van der Waals surface area contributed by atoms with Crippen LogP contribution in [0.5, 0.6) is 0 Å². The minimum absolute atomic E-state index is 0.0907. The minimum Gasteiger partial charge on any atom is -0.372 e. The van der Waals surface area contributed by atoms with Gasteiger partial charge in [0.2, 0.25) is 10.0 Å². The Hall–Kier alpha value is -1.52. The number of rotatable bonds is 6. The van der Waals surface area contributed by atoms with Crippen molar-refractivity contribution >= 4 is 31.8 Å². The third-order valence-corrected chi connectivity index (χ3v) is 4.36. The van der Waals surface area contributed by atoms with Crippen LogP contribution in [0.4, 0.5) is 5.82 Å². The van der Waals surface area contributed by atoms with Crippen LogP contribution >= 0.6 is 15.9 Å². The number of nitrogens with one attached hydrogen (secondary N) is 2. The summed E-state index contributed by atoms with van der Waals surface area (Å²) in [7, 11) is -2.03. The molecule has 2 N–H and O–H groups in total. The van der Waals surface area contributed by atoms with E-state index in [1.54, 1.807) is 17.9 Å². The second-order valence-electron chi connectivity index (χ2n) is 3.81. The Morgan fingerprint density at radius 3 is 2.90 bits per heavy atom. The molecular weight excluding hydrogens is 348 g/mol. The van der Waals surface area contributed by atoms with Crippen molar-refractivity contribution in [3.63, 3.8) is 0 Å². The van der Waals surface area contributed by atoms with Crippen molar-refractivity contribution in [3.05, 3.63) is 29.1 Å². The lowest BCUT2D eigenvalue weighted by Crippen LogP contribution is -2.28. The number of hydrogen-bond donors (Lipinski definition) is 2. The molecule has 0 saturated carbocycles. The van der Waals surface area contributed by atoms with Crippen molar-refractivity contribution in [2.75, 3.05) is 18.9 Å². The van der Waals surface area contributed by atoms with Crippen LogP contribution in [0.25, 0.3) is 0 Å². The van der Waals surface area contributed by atoms with Gasteiger partial charge in [0.1, 0.15) is 10.7 Å². The molecule has 0 amide bonds. The van der Waals surface area contributed by atoms with Crippen LogP contribution in [0.1, 0.15) is 0 Å². The maximum atomic E-state index is 12.2. The van der Waals surface area contributed by atoms with Gasteiger partial charge in [0, 0.05) is 30.5 Å². The molecule has 8 nitrogen and oxygen atoms in total. The first-order valence-electron chi connectivity index (χ1n) is 5.70. The molecule has 0 bridgehead atoms. The molecule has 0 unspecified atom stereocenters. The predicted molar refractivity (Wildman–Crippen MR) is 76.7 cm³/mol. The van der Waals surface area contributed by atoms with E-state index in [1.165, 1.54) is 18.5 Å². The molecule has 2 aromatic rings. The number of hydrogen-bond acceptors (Lipinski definition) is 6. The zero-order valence-corrected chi connectivity index (χ0v) is 13.0. The lowest BCUT2D eigenvalue weighted by molar-refractivity contribution is 0.553. The SMILES string of the molecule is CNc1ncc(Br)cc1S(=O)(=O)NCCn1ccnn1. The van der Waals surface area contributed by atoms with Crippen LogP contribution in [0.3, 0.4) is 0 Å². The van der Waals surface area contributed by atoms with E-state index in [2.05, 4.69) is 41.3 Å². The van der Waals surface area contributed by atoms with Crippen molar-refractivity contribution < 1.29 is 8.42 Å². The quantitative estimate of drug-likeness (QED) is 0.775. The van der Waals surface area contributed by atoms with Gasteiger partial charge in [-0.2, -0.15) is 0 Å². The molecule has 0 aliphatic carbocycles. The summed E-state index contributed by atoms with van der Waals surface area (Å²) in [5, 5.41) is 10.2. The van der Waals surface area contributed by atoms with Crippen LogP contribution in [0, 0.1) is 0 Å². The van der Waals surface area contributed by atoms with Gasteiger partial charge in [-0.1, -0.05) is 5.21 Å². The molecule has 0 saturated heterocycles. The highest BCUT2D eigenvalue weighted by Gasteiger charge is 2.19. The van der Waals surface area contributed by atoms with E-state index in [0.29, 0.717) is 16.8 Å². The minimum atomic E-state index is -3.65. The monoisotopic (exact) mass is 360 g/mol. The van der Waals surface area contributed by atoms with E-state index in [0.717, 1.165) is 0 Å². The van der Waals surface area contributed by atoms with Gasteiger partial charge in [0.15, 0.2) is 0 Å². The molecule has 0 radical (unpaired) electrons. The van der Waals surface area contributed by atoms with E-state index < -0.39 is 10.0 Å². The fourth-order valence-corrected chi connectivity index (χ4v) is 3.23. The fraction of sp³-hybridized carbons (Fsp3) is 0.300. The Kier molecular flexibility index (Phi) is 4.68. The molecule has 2 rings (SSSR count). The summed E-state index contributed by atoms with van der Waals surface area (Å²) in [6, 6.07) is 1.50. The Bertz CT molecular complexity index is 673. The first kappa shape index (κ1) is 14.9. The van der Waals surface area contributed by atoms with Gasteiger partial charge in [-0.15, -0.1) is 5.10 Å². The van der Waals surface area contributed by atoms with E-state index >= 15 is 0 Å². The molecule has 0 fully saturated rings. The maximum absolute atomic E-state index is 12.2. The van der Waals surface area contributed by atoms with Crippen LogP contribution < -0.4 is 10.0 Å². The van der Waals surface area contributed by atoms with Crippen LogP contribution in [-0.4, -0.2) is 42.0 Å². The average molecular weight is 361 g/mol. The van der Waals surface area contributed by atoms with E-state index in [4.69, 9.17) is 0 Å². The predicted octanol–water partition coefficient (Wildman–Crippen LogP) is 0.456. The average Bonchev–Trinajstić information content (AvgIpc) is 2.91. The van der Waals surface area contributed by atoms with Crippen LogP contribution in [0.15, 0.2) is 34.0 Å². The molecule has 2 heterocycles. The van der Waals surface area contributed by atoms with Crippen LogP contribution in [-0.2, 0) is 16.6 Å². The molecule has 0 spiro atoms. The van der Waals surface area contributed by atoms with E-state index in [9.17, 15) is 8.42 Å². The zero-order chi connectivity index (χ0) is 14.6. The van der Waals surface area contributed by atoms with Gasteiger partial charge in [-0.3, -0.25) is 4.68 Å². The second-order valence-corrected chi connectivity index (χ2v) is 6.47. The first-order chi connectivity index (χ1) is 9.53. The van der Waals surface area contributed by atoms with Gasteiger partial charge in [0.05, 0.1) is 12.7 Å². The van der Waals surface area contributed by atoms with Crippen LogP contribution in [0.2, 0.25) is 0 Å². The summed E-state index contributed by atoms with van der Waals surface area (Å²) in [5.41, 5.74) is 0. The molecular formula is C10H13BrN6O2S. The standard InChI is InChI=1S/C10H13BrN6O2S/c1-12-10-9(6-8(11)7-13-10)20(18,19)15-3-5-17-4-2-14-16-17/h2,4,6-7,15H,3,5H2,1H3,(H,12,13). The highest BCUT2D eigenvalue weighted by atomic mass is 79.9. The summed E-state index contributed by atoms with van der Waals surface area (Å²) >= 11 is 3.21. The third kappa shape index (κ3) is 3.52. The molecule has 0 aliphatic heterocycles. The molecule has 0 aliphatic rings. The summed E-state index contributed by atoms with van der Waals surface area (Å²) in [5.74, 6) is 0.293. The number of aromatic nitrogens is 4. The largest absolute Gasteiger partial charge is 0.372 e. The number of nitrogens with zero attached hydrogens (tertiary/aromatic N) is 4. The number of anilines is 1. The Balaban J connectivity index is 2.11. The summed E-state index contributed by atoms with van der Waals surface area (Å²) in [6.07, 6.45) is 4.72. The fourth-order valence-electron chi connectivity index (χ4n) is 1.54. The Morgan fingerprint density at radius 1 is 1.45 bits per heavy atom. The normalized spacial score (nSPS) is 11.5. The Morgan fingerprint density at radius 2 is 2.25 bits per heavy atom. The van der Waals surface area contributed by atoms with E-state index in [1.807, 2.05) is 0 Å². The van der Waals surface area contributed by atoms with Crippen molar-refractivity contribution in [2.24, 2.45) is 0 Å². The molecule has 2 aromatic heterocycles. The lowest BCUT2D eigenvalue weighted by atomic mass is 10.4. The highest BCUT2D eigenvalue weighted by Crippen LogP contribution is 2.22. The van der Waals surface area contributed by atoms with Crippen molar-refractivity contribution in [3.8, 4) is 0 Å². The number of pyridine rings is 1. The van der Waals surface area contributed by atoms with Gasteiger partial charge < -0.3 is 5.32 Å². The summed E-state index contributed by atoms with van der Waals surface area (Å²) in [6.45, 7) is 0.608. The Labute approximate surface area is 124 Å². The number of halogens is 1. The zero-order valence-electron chi connectivity index (χ0n) is 10.6. The van der Waals surface area contributed by atoms with Gasteiger partial charge >= 0.3 is 0 Å². The first-order valence-corrected chi connectivity index (χ1v) is 7.97. The van der Waals surface area contributed by atoms with Gasteiger partial charge in [-0.05, 0) is 22.0 Å². The molecule has 20 heavy (non-hydrogen) atoms. The summed E-state index contributed by atoms with van der Waals surface area (Å²) < 4.78 is 29.1. The maximum Gasteiger partial charge on any atom is 0.244 e. The number of sulfonamides is 1. The molecule has 0 aromatic carbocycles. The third-order valence-electron chi connectivity index (χ3n) is 2.45.